The van der Waals surface area contributed by atoms with Crippen molar-refractivity contribution in [2.75, 3.05) is 5.43 Å². The number of hydrogen-bond donors (Lipinski definition) is 2. The van der Waals surface area contributed by atoms with Gasteiger partial charge in [-0.2, -0.15) is 5.10 Å². The number of nitrogens with one attached hydrogen (secondary N) is 2. The minimum Gasteiger partial charge on any atom is -0.282 e. The largest absolute Gasteiger partial charge is 0.437 e. The van der Waals surface area contributed by atoms with Gasteiger partial charge in [-0.1, -0.05) is 41.4 Å². The molecule has 7 nitrogen and oxygen atoms in total. The maximum Gasteiger partial charge on any atom is 0.437 e. The van der Waals surface area contributed by atoms with Crippen LogP contribution in [0.4, 0.5) is 5.13 Å². The minimum absolute atomic E-state index is 0.315. The summed E-state index contributed by atoms with van der Waals surface area (Å²) in [5, 5.41) is 9.77. The van der Waals surface area contributed by atoms with Crippen molar-refractivity contribution in [2.24, 2.45) is 5.10 Å². The Balaban J connectivity index is 1.56. The second kappa shape index (κ2) is 7.79. The van der Waals surface area contributed by atoms with E-state index >= 15 is 0 Å². The van der Waals surface area contributed by atoms with Gasteiger partial charge in [0.25, 0.3) is 0 Å². The number of hydrogen-bond acceptors (Lipinski definition) is 6. The lowest BCUT2D eigenvalue weighted by atomic mass is 10.2. The number of benzene rings is 2. The quantitative estimate of drug-likeness (QED) is 0.296. The van der Waals surface area contributed by atoms with Crippen molar-refractivity contribution in [3.05, 3.63) is 80.5 Å². The normalized spacial score (nSPS) is 11.2. The molecule has 0 unspecified atom stereocenters. The number of thiazole rings is 1. The number of nitrogens with zero attached hydrogens (tertiary/aromatic N) is 3. The average Bonchev–Trinajstić information content (AvgIpc) is 3.30. The van der Waals surface area contributed by atoms with Crippen molar-refractivity contribution in [1.29, 1.82) is 0 Å². The summed E-state index contributed by atoms with van der Waals surface area (Å²) in [6.07, 6.45) is 1.66. The van der Waals surface area contributed by atoms with E-state index in [-0.39, 0.29) is 0 Å². The SMILES string of the molecule is Cc1ccc(-[n+]2[nH]oc(=O)c2-c2csc(N/N=C/c3ccc(Cl)cc3)n2)cc1. The first-order valence-electron chi connectivity index (χ1n) is 8.31. The van der Waals surface area contributed by atoms with Crippen molar-refractivity contribution in [3.63, 3.8) is 0 Å². The van der Waals surface area contributed by atoms with Gasteiger partial charge < -0.3 is 0 Å². The molecule has 0 fully saturated rings. The molecule has 0 spiro atoms. The number of aryl methyl sites for hydroxylation is 1. The van der Waals surface area contributed by atoms with E-state index in [4.69, 9.17) is 16.1 Å². The topological polar surface area (TPSA) is 87.2 Å². The summed E-state index contributed by atoms with van der Waals surface area (Å²) >= 11 is 7.20. The fourth-order valence-electron chi connectivity index (χ4n) is 2.51. The number of hydrazone groups is 1. The zero-order valence-electron chi connectivity index (χ0n) is 14.7. The molecule has 4 rings (SSSR count). The van der Waals surface area contributed by atoms with E-state index in [1.54, 1.807) is 28.4 Å². The van der Waals surface area contributed by atoms with Crippen LogP contribution in [0.5, 0.6) is 0 Å². The first-order valence-corrected chi connectivity index (χ1v) is 9.57. The molecular formula is C19H15ClN5O2S+. The molecule has 9 heteroatoms. The van der Waals surface area contributed by atoms with Gasteiger partial charge in [0, 0.05) is 22.5 Å². The monoisotopic (exact) mass is 412 g/mol. The van der Waals surface area contributed by atoms with Crippen molar-refractivity contribution >= 4 is 34.3 Å². The van der Waals surface area contributed by atoms with Crippen LogP contribution in [0.2, 0.25) is 5.02 Å². The summed E-state index contributed by atoms with van der Waals surface area (Å²) < 4.78 is 6.55. The molecule has 0 aliphatic heterocycles. The second-order valence-electron chi connectivity index (χ2n) is 5.96. The van der Waals surface area contributed by atoms with Gasteiger partial charge in [-0.05, 0) is 34.6 Å². The van der Waals surface area contributed by atoms with Crippen LogP contribution < -0.4 is 15.7 Å². The number of aromatic amines is 1. The molecule has 2 heterocycles. The Morgan fingerprint density at radius 2 is 1.96 bits per heavy atom. The van der Waals surface area contributed by atoms with Gasteiger partial charge in [0.2, 0.25) is 10.8 Å². The van der Waals surface area contributed by atoms with E-state index in [9.17, 15) is 4.79 Å². The maximum absolute atomic E-state index is 12.2. The Labute approximate surface area is 168 Å². The first kappa shape index (κ1) is 18.1. The number of aromatic nitrogens is 3. The highest BCUT2D eigenvalue weighted by Crippen LogP contribution is 2.21. The lowest BCUT2D eigenvalue weighted by Gasteiger charge is -1.95. The summed E-state index contributed by atoms with van der Waals surface area (Å²) in [7, 11) is 0. The molecule has 0 atom stereocenters. The highest BCUT2D eigenvalue weighted by atomic mass is 35.5. The molecule has 0 radical (unpaired) electrons. The fourth-order valence-corrected chi connectivity index (χ4v) is 3.28. The Morgan fingerprint density at radius 1 is 1.21 bits per heavy atom. The summed E-state index contributed by atoms with van der Waals surface area (Å²) in [5.74, 6) is 0. The van der Waals surface area contributed by atoms with Gasteiger partial charge in [0.05, 0.1) is 6.21 Å². The van der Waals surface area contributed by atoms with Crippen LogP contribution in [-0.4, -0.2) is 16.5 Å². The summed E-state index contributed by atoms with van der Waals surface area (Å²) in [4.78, 5) is 16.6. The number of halogens is 1. The third-order valence-electron chi connectivity index (χ3n) is 3.93. The molecule has 0 saturated heterocycles. The van der Waals surface area contributed by atoms with Gasteiger partial charge in [-0.15, -0.1) is 11.3 Å². The molecule has 0 aliphatic carbocycles. The van der Waals surface area contributed by atoms with Crippen LogP contribution in [0.1, 0.15) is 11.1 Å². The Kier molecular flexibility index (Phi) is 5.05. The molecule has 4 aromatic rings. The first-order chi connectivity index (χ1) is 13.6. The highest BCUT2D eigenvalue weighted by molar-refractivity contribution is 7.14. The average molecular weight is 413 g/mol. The van der Waals surface area contributed by atoms with E-state index in [2.05, 4.69) is 20.8 Å². The van der Waals surface area contributed by atoms with E-state index < -0.39 is 5.63 Å². The van der Waals surface area contributed by atoms with Crippen molar-refractivity contribution < 1.29 is 9.20 Å². The fraction of sp³-hybridized carbons (Fsp3) is 0.0526. The molecule has 140 valence electrons. The van der Waals surface area contributed by atoms with Crippen molar-refractivity contribution in [1.82, 2.24) is 10.3 Å². The van der Waals surface area contributed by atoms with Crippen LogP contribution >= 0.6 is 22.9 Å². The predicted molar refractivity (Wildman–Crippen MR) is 109 cm³/mol. The van der Waals surface area contributed by atoms with E-state index in [1.807, 2.05) is 43.3 Å². The molecule has 2 N–H and O–H groups in total. The van der Waals surface area contributed by atoms with Crippen molar-refractivity contribution in [3.8, 4) is 17.1 Å². The van der Waals surface area contributed by atoms with Gasteiger partial charge in [0.1, 0.15) is 0 Å². The molecule has 0 aliphatic rings. The Hall–Kier alpha value is -3.23. The number of rotatable bonds is 5. The zero-order valence-corrected chi connectivity index (χ0v) is 16.3. The van der Waals surface area contributed by atoms with Gasteiger partial charge in [-0.3, -0.25) is 9.95 Å². The Bertz CT molecular complexity index is 1180. The van der Waals surface area contributed by atoms with Gasteiger partial charge in [0.15, 0.2) is 5.69 Å². The molecule has 0 saturated carbocycles. The molecule has 28 heavy (non-hydrogen) atoms. The smallest absolute Gasteiger partial charge is 0.282 e. The molecule has 2 aromatic carbocycles. The summed E-state index contributed by atoms with van der Waals surface area (Å²) in [5.41, 5.74) is 5.97. The van der Waals surface area contributed by atoms with Gasteiger partial charge in [-0.25, -0.2) is 9.78 Å². The molecule has 0 bridgehead atoms. The van der Waals surface area contributed by atoms with Crippen LogP contribution in [0.25, 0.3) is 17.1 Å². The zero-order chi connectivity index (χ0) is 19.5. The van der Waals surface area contributed by atoms with E-state index in [1.165, 1.54) is 11.3 Å². The molecule has 2 aromatic heterocycles. The molecule has 0 amide bonds. The van der Waals surface area contributed by atoms with Crippen LogP contribution in [0.3, 0.4) is 0 Å². The number of H-pyrrole nitrogens is 1. The van der Waals surface area contributed by atoms with Crippen LogP contribution in [0.15, 0.2) is 68.3 Å². The minimum atomic E-state index is -0.498. The van der Waals surface area contributed by atoms with E-state index in [0.29, 0.717) is 21.5 Å². The standard InChI is InChI=1S/C19H14ClN5O2S/c1-12-2-8-15(9-3-12)25-17(18(26)27-24-25)16-11-28-19(22-16)23-21-10-13-4-6-14(20)7-5-13/h2-11H,1H3,(H-,22,23,24,26)/p+1/b21-10+. The lowest BCUT2D eigenvalue weighted by molar-refractivity contribution is -0.660. The summed E-state index contributed by atoms with van der Waals surface area (Å²) in [6.45, 7) is 2.00. The predicted octanol–water partition coefficient (Wildman–Crippen LogP) is 3.78. The summed E-state index contributed by atoms with van der Waals surface area (Å²) in [6, 6.07) is 15.0. The highest BCUT2D eigenvalue weighted by Gasteiger charge is 2.27. The Morgan fingerprint density at radius 3 is 2.71 bits per heavy atom. The third kappa shape index (κ3) is 3.88. The number of anilines is 1. The van der Waals surface area contributed by atoms with Crippen LogP contribution in [-0.2, 0) is 0 Å². The second-order valence-corrected chi connectivity index (χ2v) is 7.25. The van der Waals surface area contributed by atoms with E-state index in [0.717, 1.165) is 16.8 Å². The third-order valence-corrected chi connectivity index (χ3v) is 4.93. The van der Waals surface area contributed by atoms with Gasteiger partial charge >= 0.3 is 11.3 Å². The van der Waals surface area contributed by atoms with Crippen molar-refractivity contribution in [2.45, 2.75) is 6.92 Å². The lowest BCUT2D eigenvalue weighted by Crippen LogP contribution is -2.36. The van der Waals surface area contributed by atoms with Crippen LogP contribution in [0, 0.1) is 6.92 Å². The molecular weight excluding hydrogens is 398 g/mol. The maximum atomic E-state index is 12.2.